The Morgan fingerprint density at radius 2 is 2.04 bits per heavy atom. The van der Waals surface area contributed by atoms with Crippen LogP contribution in [0.2, 0.25) is 0 Å². The molecule has 25 heavy (non-hydrogen) atoms. The summed E-state index contributed by atoms with van der Waals surface area (Å²) in [6, 6.07) is 2.17. The number of halogens is 1. The Kier molecular flexibility index (Phi) is 4.48. The molecule has 2 aromatic rings. The molecule has 0 saturated carbocycles. The zero-order valence-corrected chi connectivity index (χ0v) is 14.3. The number of nitrogens with zero attached hydrogens (tertiary/aromatic N) is 5. The lowest BCUT2D eigenvalue weighted by Crippen LogP contribution is -2.48. The molecule has 2 atom stereocenters. The van der Waals surface area contributed by atoms with Crippen molar-refractivity contribution in [2.75, 3.05) is 31.6 Å². The second kappa shape index (κ2) is 6.92. The van der Waals surface area contributed by atoms with E-state index in [1.807, 2.05) is 0 Å². The number of aromatic nitrogens is 3. The Balaban J connectivity index is 1.52. The summed E-state index contributed by atoms with van der Waals surface area (Å²) < 4.78 is 19.3. The summed E-state index contributed by atoms with van der Waals surface area (Å²) in [5, 5.41) is 0. The normalized spacial score (nSPS) is 23.5. The van der Waals surface area contributed by atoms with Gasteiger partial charge in [0.1, 0.15) is 5.82 Å². The Morgan fingerprint density at radius 1 is 1.20 bits per heavy atom. The van der Waals surface area contributed by atoms with E-state index < -0.39 is 0 Å². The SMILES string of the molecule is COc1nccnc1N1CCC2CCN(Cc3ccncc3F)C2C1. The second-order valence-electron chi connectivity index (χ2n) is 6.68. The van der Waals surface area contributed by atoms with Gasteiger partial charge in [0.15, 0.2) is 5.82 Å². The highest BCUT2D eigenvalue weighted by molar-refractivity contribution is 5.48. The van der Waals surface area contributed by atoms with E-state index in [0.29, 0.717) is 29.9 Å². The molecule has 4 heterocycles. The lowest BCUT2D eigenvalue weighted by Gasteiger charge is -2.39. The summed E-state index contributed by atoms with van der Waals surface area (Å²) in [6.45, 7) is 3.45. The van der Waals surface area contributed by atoms with Gasteiger partial charge in [0.25, 0.3) is 5.88 Å². The number of fused-ring (bicyclic) bond motifs is 1. The molecule has 0 aliphatic carbocycles. The number of pyridine rings is 1. The highest BCUT2D eigenvalue weighted by Crippen LogP contribution is 2.35. The summed E-state index contributed by atoms with van der Waals surface area (Å²) in [5.41, 5.74) is 0.713. The van der Waals surface area contributed by atoms with Crippen molar-refractivity contribution in [3.05, 3.63) is 42.2 Å². The van der Waals surface area contributed by atoms with Crippen LogP contribution in [0.5, 0.6) is 5.88 Å². The summed E-state index contributed by atoms with van der Waals surface area (Å²) in [6.07, 6.45) is 8.57. The van der Waals surface area contributed by atoms with Gasteiger partial charge in [-0.1, -0.05) is 0 Å². The Labute approximate surface area is 146 Å². The smallest absolute Gasteiger partial charge is 0.257 e. The molecular weight excluding hydrogens is 321 g/mol. The van der Waals surface area contributed by atoms with Gasteiger partial charge in [0, 0.05) is 49.8 Å². The van der Waals surface area contributed by atoms with Crippen LogP contribution in [-0.4, -0.2) is 52.6 Å². The number of methoxy groups -OCH3 is 1. The van der Waals surface area contributed by atoms with Crippen molar-refractivity contribution in [3.63, 3.8) is 0 Å². The van der Waals surface area contributed by atoms with Crippen molar-refractivity contribution in [1.82, 2.24) is 19.9 Å². The molecule has 2 aliphatic rings. The third-order valence-electron chi connectivity index (χ3n) is 5.35. The first-order valence-electron chi connectivity index (χ1n) is 8.68. The van der Waals surface area contributed by atoms with E-state index in [9.17, 15) is 4.39 Å². The maximum absolute atomic E-state index is 14.0. The van der Waals surface area contributed by atoms with Gasteiger partial charge >= 0.3 is 0 Å². The molecule has 0 N–H and O–H groups in total. The quantitative estimate of drug-likeness (QED) is 0.848. The second-order valence-corrected chi connectivity index (χ2v) is 6.68. The molecule has 2 saturated heterocycles. The van der Waals surface area contributed by atoms with E-state index in [1.165, 1.54) is 12.6 Å². The molecule has 0 bridgehead atoms. The zero-order chi connectivity index (χ0) is 17.2. The zero-order valence-electron chi connectivity index (χ0n) is 14.3. The molecule has 4 rings (SSSR count). The van der Waals surface area contributed by atoms with Gasteiger partial charge in [-0.3, -0.25) is 9.88 Å². The average Bonchev–Trinajstić information content (AvgIpc) is 3.05. The van der Waals surface area contributed by atoms with Crippen LogP contribution in [0.1, 0.15) is 18.4 Å². The minimum Gasteiger partial charge on any atom is -0.478 e. The fourth-order valence-corrected chi connectivity index (χ4v) is 4.05. The van der Waals surface area contributed by atoms with Gasteiger partial charge in [-0.2, -0.15) is 0 Å². The molecular formula is C18H22FN5O. The number of ether oxygens (including phenoxy) is 1. The first-order valence-corrected chi connectivity index (χ1v) is 8.68. The Hall–Kier alpha value is -2.28. The van der Waals surface area contributed by atoms with Crippen molar-refractivity contribution in [1.29, 1.82) is 0 Å². The van der Waals surface area contributed by atoms with E-state index in [0.717, 1.165) is 31.9 Å². The lowest BCUT2D eigenvalue weighted by molar-refractivity contribution is 0.197. The van der Waals surface area contributed by atoms with Crippen LogP contribution in [0.3, 0.4) is 0 Å². The number of anilines is 1. The molecule has 2 aromatic heterocycles. The molecule has 2 unspecified atom stereocenters. The average molecular weight is 343 g/mol. The minimum atomic E-state index is -0.228. The highest BCUT2D eigenvalue weighted by Gasteiger charge is 2.39. The molecule has 7 heteroatoms. The van der Waals surface area contributed by atoms with Crippen molar-refractivity contribution >= 4 is 5.82 Å². The van der Waals surface area contributed by atoms with E-state index >= 15 is 0 Å². The monoisotopic (exact) mass is 343 g/mol. The predicted octanol–water partition coefficient (Wildman–Crippen LogP) is 2.12. The number of hydrogen-bond acceptors (Lipinski definition) is 6. The van der Waals surface area contributed by atoms with Gasteiger partial charge in [0.2, 0.25) is 0 Å². The van der Waals surface area contributed by atoms with Crippen molar-refractivity contribution in [2.45, 2.75) is 25.4 Å². The van der Waals surface area contributed by atoms with Crippen LogP contribution < -0.4 is 9.64 Å². The maximum Gasteiger partial charge on any atom is 0.257 e. The molecule has 0 amide bonds. The number of piperidine rings is 1. The molecule has 0 spiro atoms. The number of rotatable bonds is 4. The van der Waals surface area contributed by atoms with Gasteiger partial charge in [-0.15, -0.1) is 0 Å². The molecule has 2 fully saturated rings. The van der Waals surface area contributed by atoms with Gasteiger partial charge < -0.3 is 9.64 Å². The standard InChI is InChI=1S/C18H22FN5O/c1-25-18-17(21-6-7-22-18)24-9-4-13-3-8-23(16(13)12-24)11-14-2-5-20-10-15(14)19/h2,5-7,10,13,16H,3-4,8-9,11-12H2,1H3. The molecule has 6 nitrogen and oxygen atoms in total. The summed E-state index contributed by atoms with van der Waals surface area (Å²) in [5.74, 6) is 1.79. The summed E-state index contributed by atoms with van der Waals surface area (Å²) >= 11 is 0. The van der Waals surface area contributed by atoms with Crippen LogP contribution in [-0.2, 0) is 6.54 Å². The van der Waals surface area contributed by atoms with E-state index in [4.69, 9.17) is 4.74 Å². The fourth-order valence-electron chi connectivity index (χ4n) is 4.05. The van der Waals surface area contributed by atoms with Gasteiger partial charge in [0.05, 0.1) is 13.3 Å². The topological polar surface area (TPSA) is 54.4 Å². The fraction of sp³-hybridized carbons (Fsp3) is 0.500. The van der Waals surface area contributed by atoms with Crippen molar-refractivity contribution < 1.29 is 9.13 Å². The first kappa shape index (κ1) is 16.2. The lowest BCUT2D eigenvalue weighted by atomic mass is 9.92. The molecule has 0 radical (unpaired) electrons. The van der Waals surface area contributed by atoms with E-state index in [2.05, 4.69) is 24.8 Å². The largest absolute Gasteiger partial charge is 0.478 e. The number of likely N-dealkylation sites (tertiary alicyclic amines) is 1. The van der Waals surface area contributed by atoms with E-state index in [1.54, 1.807) is 31.8 Å². The number of hydrogen-bond donors (Lipinski definition) is 0. The molecule has 0 aromatic carbocycles. The third kappa shape index (κ3) is 3.16. The Bertz CT molecular complexity index is 743. The van der Waals surface area contributed by atoms with Crippen LogP contribution in [0.4, 0.5) is 10.2 Å². The summed E-state index contributed by atoms with van der Waals surface area (Å²) in [7, 11) is 1.62. The minimum absolute atomic E-state index is 0.228. The van der Waals surface area contributed by atoms with Gasteiger partial charge in [-0.05, 0) is 31.4 Å². The molecule has 132 valence electrons. The van der Waals surface area contributed by atoms with Gasteiger partial charge in [-0.25, -0.2) is 14.4 Å². The van der Waals surface area contributed by atoms with Crippen molar-refractivity contribution in [2.24, 2.45) is 5.92 Å². The van der Waals surface area contributed by atoms with Crippen LogP contribution in [0.15, 0.2) is 30.9 Å². The third-order valence-corrected chi connectivity index (χ3v) is 5.35. The molecule has 2 aliphatic heterocycles. The van der Waals surface area contributed by atoms with Crippen LogP contribution in [0.25, 0.3) is 0 Å². The van der Waals surface area contributed by atoms with Crippen LogP contribution >= 0.6 is 0 Å². The summed E-state index contributed by atoms with van der Waals surface area (Å²) in [4.78, 5) is 17.2. The highest BCUT2D eigenvalue weighted by atomic mass is 19.1. The maximum atomic E-state index is 14.0. The van der Waals surface area contributed by atoms with Crippen LogP contribution in [0, 0.1) is 11.7 Å². The predicted molar refractivity (Wildman–Crippen MR) is 91.9 cm³/mol. The first-order chi connectivity index (χ1) is 12.3. The Morgan fingerprint density at radius 3 is 2.88 bits per heavy atom. The van der Waals surface area contributed by atoms with Crippen molar-refractivity contribution in [3.8, 4) is 5.88 Å². The van der Waals surface area contributed by atoms with E-state index in [-0.39, 0.29) is 5.82 Å².